The largest absolute Gasteiger partial charge is 0.394 e. The van der Waals surface area contributed by atoms with Crippen LogP contribution in [0.2, 0.25) is 0 Å². The van der Waals surface area contributed by atoms with E-state index < -0.39 is 30.5 Å². The van der Waals surface area contributed by atoms with E-state index in [1.54, 1.807) is 11.5 Å². The lowest BCUT2D eigenvalue weighted by molar-refractivity contribution is -0.0893. The minimum Gasteiger partial charge on any atom is -0.394 e. The zero-order chi connectivity index (χ0) is 15.2. The van der Waals surface area contributed by atoms with E-state index in [-0.39, 0.29) is 17.6 Å². The van der Waals surface area contributed by atoms with Gasteiger partial charge in [-0.3, -0.25) is 4.79 Å². The first-order valence-corrected chi connectivity index (χ1v) is 6.49. The summed E-state index contributed by atoms with van der Waals surface area (Å²) in [6, 6.07) is 0. The number of nitrogens with zero attached hydrogens (tertiary/aromatic N) is 3. The fraction of sp³-hybridized carbons (Fsp3) is 0.583. The maximum absolute atomic E-state index is 11.6. The molecule has 1 aliphatic heterocycles. The molecule has 0 aromatic carbocycles. The van der Waals surface area contributed by atoms with Gasteiger partial charge in [0.15, 0.2) is 11.2 Å². The third-order valence-corrected chi connectivity index (χ3v) is 3.82. The summed E-state index contributed by atoms with van der Waals surface area (Å²) in [6.07, 6.45) is -0.508. The van der Waals surface area contributed by atoms with Gasteiger partial charge in [0.2, 0.25) is 0 Å². The van der Waals surface area contributed by atoms with Gasteiger partial charge in [0.1, 0.15) is 23.9 Å². The van der Waals surface area contributed by atoms with Gasteiger partial charge < -0.3 is 29.6 Å². The number of hydrogen-bond donors (Lipinski definition) is 4. The first-order chi connectivity index (χ1) is 9.96. The molecule has 0 amide bonds. The Morgan fingerprint density at radius 3 is 2.90 bits per heavy atom. The predicted molar refractivity (Wildman–Crippen MR) is 70.5 cm³/mol. The Balaban J connectivity index is 1.95. The molecule has 1 fully saturated rings. The third-order valence-electron chi connectivity index (χ3n) is 3.82. The monoisotopic (exact) mass is 296 g/mol. The Labute approximate surface area is 118 Å². The molecule has 21 heavy (non-hydrogen) atoms. The average Bonchev–Trinajstić information content (AvgIpc) is 2.96. The number of hydrogen-bond acceptors (Lipinski definition) is 7. The lowest BCUT2D eigenvalue weighted by Crippen LogP contribution is -2.43. The summed E-state index contributed by atoms with van der Waals surface area (Å²) < 4.78 is 7.13. The number of aromatic nitrogens is 4. The molecule has 4 N–H and O–H groups in total. The Hall–Kier alpha value is -1.81. The highest BCUT2D eigenvalue weighted by molar-refractivity contribution is 5.68. The van der Waals surface area contributed by atoms with E-state index in [4.69, 9.17) is 9.84 Å². The number of fused-ring (bicyclic) bond motifs is 1. The molecule has 9 nitrogen and oxygen atoms in total. The maximum Gasteiger partial charge on any atom is 0.278 e. The third kappa shape index (κ3) is 2.14. The highest BCUT2D eigenvalue weighted by Crippen LogP contribution is 2.32. The Morgan fingerprint density at radius 1 is 1.48 bits per heavy atom. The number of nitrogens with one attached hydrogen (secondary N) is 1. The number of aromatic amines is 1. The lowest BCUT2D eigenvalue weighted by Gasteiger charge is -2.28. The number of H-pyrrole nitrogens is 1. The summed E-state index contributed by atoms with van der Waals surface area (Å²) in [7, 11) is 0. The van der Waals surface area contributed by atoms with Gasteiger partial charge in [-0.25, -0.2) is 9.97 Å². The molecule has 0 radical (unpaired) electrons. The smallest absolute Gasteiger partial charge is 0.278 e. The molecule has 2 aromatic rings. The Bertz CT molecular complexity index is 713. The zero-order valence-electron chi connectivity index (χ0n) is 11.3. The van der Waals surface area contributed by atoms with Crippen molar-refractivity contribution in [2.24, 2.45) is 0 Å². The summed E-state index contributed by atoms with van der Waals surface area (Å²) in [5.41, 5.74) is -0.930. The van der Waals surface area contributed by atoms with Crippen LogP contribution < -0.4 is 5.56 Å². The van der Waals surface area contributed by atoms with E-state index in [9.17, 15) is 15.0 Å². The van der Waals surface area contributed by atoms with Crippen LogP contribution in [0.15, 0.2) is 17.4 Å². The van der Waals surface area contributed by atoms with Crippen molar-refractivity contribution in [3.8, 4) is 0 Å². The van der Waals surface area contributed by atoms with E-state index in [0.29, 0.717) is 5.65 Å². The van der Waals surface area contributed by atoms with Crippen molar-refractivity contribution >= 4 is 11.2 Å². The quantitative estimate of drug-likeness (QED) is 0.514. The number of aliphatic hydroxyl groups is 3. The SMILES string of the molecule is C[C@@]1(Cn2cnc3c(=O)[nH]cnc32)O[C@H](CO)[C@H](O)C1O. The van der Waals surface area contributed by atoms with E-state index in [1.165, 1.54) is 12.7 Å². The van der Waals surface area contributed by atoms with Gasteiger partial charge >= 0.3 is 0 Å². The molecule has 0 bridgehead atoms. The van der Waals surface area contributed by atoms with Crippen LogP contribution in [0, 0.1) is 0 Å². The van der Waals surface area contributed by atoms with Crippen molar-refractivity contribution in [1.82, 2.24) is 19.5 Å². The van der Waals surface area contributed by atoms with Crippen LogP contribution in [0.1, 0.15) is 6.92 Å². The molecular formula is C12H16N4O5. The highest BCUT2D eigenvalue weighted by atomic mass is 16.6. The topological polar surface area (TPSA) is 133 Å². The minimum atomic E-state index is -1.17. The van der Waals surface area contributed by atoms with Crippen molar-refractivity contribution in [2.75, 3.05) is 6.61 Å². The molecule has 1 aliphatic rings. The van der Waals surface area contributed by atoms with Crippen LogP contribution in [0.3, 0.4) is 0 Å². The van der Waals surface area contributed by atoms with Gasteiger partial charge in [0.25, 0.3) is 5.56 Å². The molecule has 1 unspecified atom stereocenters. The summed E-state index contributed by atoms with van der Waals surface area (Å²) in [5.74, 6) is 0. The molecule has 1 saturated heterocycles. The molecular weight excluding hydrogens is 280 g/mol. The fourth-order valence-electron chi connectivity index (χ4n) is 2.67. The number of aliphatic hydroxyl groups excluding tert-OH is 3. The highest BCUT2D eigenvalue weighted by Gasteiger charge is 2.51. The van der Waals surface area contributed by atoms with Gasteiger partial charge in [0, 0.05) is 0 Å². The van der Waals surface area contributed by atoms with Crippen LogP contribution in [-0.2, 0) is 11.3 Å². The van der Waals surface area contributed by atoms with E-state index in [2.05, 4.69) is 15.0 Å². The lowest BCUT2D eigenvalue weighted by atomic mass is 9.96. The van der Waals surface area contributed by atoms with Crippen molar-refractivity contribution in [3.63, 3.8) is 0 Å². The number of imidazole rings is 1. The molecule has 114 valence electrons. The van der Waals surface area contributed by atoms with Crippen LogP contribution in [-0.4, -0.2) is 65.4 Å². The van der Waals surface area contributed by atoms with Crippen molar-refractivity contribution in [1.29, 1.82) is 0 Å². The second-order valence-corrected chi connectivity index (χ2v) is 5.36. The van der Waals surface area contributed by atoms with Gasteiger partial charge in [-0.15, -0.1) is 0 Å². The summed E-state index contributed by atoms with van der Waals surface area (Å²) >= 11 is 0. The molecule has 0 aliphatic carbocycles. The average molecular weight is 296 g/mol. The summed E-state index contributed by atoms with van der Waals surface area (Å²) in [6.45, 7) is 1.36. The normalized spacial score (nSPS) is 32.9. The Kier molecular flexibility index (Phi) is 3.29. The van der Waals surface area contributed by atoms with Crippen molar-refractivity contribution in [3.05, 3.63) is 23.0 Å². The molecule has 3 heterocycles. The van der Waals surface area contributed by atoms with Crippen LogP contribution in [0.4, 0.5) is 0 Å². The van der Waals surface area contributed by atoms with Gasteiger partial charge in [-0.2, -0.15) is 0 Å². The minimum absolute atomic E-state index is 0.134. The molecule has 0 spiro atoms. The standard InChI is InChI=1S/C12H16N4O5/c1-12(9(19)8(18)6(2-17)21-12)3-16-5-15-7-10(16)13-4-14-11(7)20/h4-6,8-9,17-19H,2-3H2,1H3,(H,13,14,20)/t6-,8+,9?,12+/m1/s1. The summed E-state index contributed by atoms with van der Waals surface area (Å²) in [5, 5.41) is 29.1. The van der Waals surface area contributed by atoms with Crippen LogP contribution >= 0.6 is 0 Å². The van der Waals surface area contributed by atoms with Crippen LogP contribution in [0.5, 0.6) is 0 Å². The maximum atomic E-state index is 11.6. The molecule has 4 atom stereocenters. The second-order valence-electron chi connectivity index (χ2n) is 5.36. The molecule has 9 heteroatoms. The molecule has 0 saturated carbocycles. The first kappa shape index (κ1) is 14.1. The van der Waals surface area contributed by atoms with E-state index >= 15 is 0 Å². The summed E-state index contributed by atoms with van der Waals surface area (Å²) in [4.78, 5) is 22.1. The van der Waals surface area contributed by atoms with Gasteiger partial charge in [0.05, 0.1) is 25.8 Å². The van der Waals surface area contributed by atoms with Crippen LogP contribution in [0.25, 0.3) is 11.2 Å². The predicted octanol–water partition coefficient (Wildman–Crippen LogP) is -2.01. The van der Waals surface area contributed by atoms with Crippen molar-refractivity contribution in [2.45, 2.75) is 37.4 Å². The molecule has 3 rings (SSSR count). The van der Waals surface area contributed by atoms with Gasteiger partial charge in [-0.1, -0.05) is 0 Å². The number of rotatable bonds is 3. The van der Waals surface area contributed by atoms with E-state index in [0.717, 1.165) is 0 Å². The van der Waals surface area contributed by atoms with Gasteiger partial charge in [-0.05, 0) is 6.92 Å². The second kappa shape index (κ2) is 4.88. The molecule has 2 aromatic heterocycles. The first-order valence-electron chi connectivity index (χ1n) is 6.49. The number of ether oxygens (including phenoxy) is 1. The Morgan fingerprint density at radius 2 is 2.24 bits per heavy atom. The van der Waals surface area contributed by atoms with E-state index in [1.807, 2.05) is 0 Å². The zero-order valence-corrected chi connectivity index (χ0v) is 11.3. The fourth-order valence-corrected chi connectivity index (χ4v) is 2.67. The van der Waals surface area contributed by atoms with Crippen molar-refractivity contribution < 1.29 is 20.1 Å².